The summed E-state index contributed by atoms with van der Waals surface area (Å²) in [5, 5.41) is 6.97. The molecule has 0 saturated heterocycles. The minimum Gasteiger partial charge on any atom is -0.309 e. The second kappa shape index (κ2) is 11.8. The highest BCUT2D eigenvalue weighted by Crippen LogP contribution is 2.41. The average Bonchev–Trinajstić information content (AvgIpc) is 3.89. The van der Waals surface area contributed by atoms with Crippen molar-refractivity contribution in [2.24, 2.45) is 0 Å². The number of nitrogens with zero attached hydrogens (tertiary/aromatic N) is 5. The fraction of sp³-hybridized carbons (Fsp3) is 0. The summed E-state index contributed by atoms with van der Waals surface area (Å²) in [6, 6.07) is 61.4. The summed E-state index contributed by atoms with van der Waals surface area (Å²) >= 11 is 0. The Hall–Kier alpha value is -7.86. The summed E-state index contributed by atoms with van der Waals surface area (Å²) in [6.45, 7) is 15.8. The van der Waals surface area contributed by atoms with E-state index in [1.165, 1.54) is 32.6 Å². The van der Waals surface area contributed by atoms with Gasteiger partial charge in [-0.2, -0.15) is 0 Å². The molecule has 0 radical (unpaired) electrons. The van der Waals surface area contributed by atoms with Crippen LogP contribution in [0.4, 0.5) is 11.4 Å². The van der Waals surface area contributed by atoms with Gasteiger partial charge < -0.3 is 13.7 Å². The van der Waals surface area contributed by atoms with Crippen LogP contribution in [0.15, 0.2) is 176 Å². The zero-order valence-electron chi connectivity index (χ0n) is 29.5. The number of para-hydroxylation sites is 4. The number of rotatable bonds is 4. The Balaban J connectivity index is 1.09. The van der Waals surface area contributed by atoms with E-state index in [1.807, 2.05) is 30.3 Å². The van der Waals surface area contributed by atoms with E-state index in [2.05, 4.69) is 169 Å². The highest BCUT2D eigenvalue weighted by molar-refractivity contribution is 6.13. The molecule has 0 aliphatic heterocycles. The smallest absolute Gasteiger partial charge is 0.195 e. The van der Waals surface area contributed by atoms with Gasteiger partial charge in [0.2, 0.25) is 0 Å². The predicted molar refractivity (Wildman–Crippen MR) is 227 cm³/mol. The van der Waals surface area contributed by atoms with E-state index in [-0.39, 0.29) is 0 Å². The van der Waals surface area contributed by atoms with Crippen molar-refractivity contribution in [1.82, 2.24) is 13.7 Å². The van der Waals surface area contributed by atoms with E-state index in [0.29, 0.717) is 11.4 Å². The molecule has 5 nitrogen and oxygen atoms in total. The van der Waals surface area contributed by atoms with E-state index in [0.717, 1.165) is 61.0 Å². The normalized spacial score (nSPS) is 11.6. The van der Waals surface area contributed by atoms with E-state index >= 15 is 0 Å². The molecule has 0 saturated carbocycles. The highest BCUT2D eigenvalue weighted by atomic mass is 15.0. The van der Waals surface area contributed by atoms with E-state index in [4.69, 9.17) is 13.1 Å². The molecule has 0 aliphatic carbocycles. The van der Waals surface area contributed by atoms with Gasteiger partial charge in [0.05, 0.1) is 46.2 Å². The third-order valence-corrected chi connectivity index (χ3v) is 11.1. The Morgan fingerprint density at radius 3 is 1.35 bits per heavy atom. The number of fused-ring (bicyclic) bond motifs is 9. The molecule has 55 heavy (non-hydrogen) atoms. The van der Waals surface area contributed by atoms with Gasteiger partial charge in [-0.3, -0.25) is 0 Å². The molecule has 0 fully saturated rings. The van der Waals surface area contributed by atoms with Crippen LogP contribution in [-0.2, 0) is 0 Å². The largest absolute Gasteiger partial charge is 0.309 e. The monoisotopic (exact) mass is 699 g/mol. The van der Waals surface area contributed by atoms with Crippen molar-refractivity contribution in [2.75, 3.05) is 0 Å². The Morgan fingerprint density at radius 1 is 0.327 bits per heavy atom. The fourth-order valence-corrected chi connectivity index (χ4v) is 8.69. The number of aromatic nitrogens is 3. The molecular formula is C50H29N5. The van der Waals surface area contributed by atoms with Crippen molar-refractivity contribution in [3.05, 3.63) is 199 Å². The van der Waals surface area contributed by atoms with Gasteiger partial charge in [0.25, 0.3) is 0 Å². The zero-order valence-corrected chi connectivity index (χ0v) is 29.5. The topological polar surface area (TPSA) is 23.5 Å². The van der Waals surface area contributed by atoms with Crippen LogP contribution in [0.1, 0.15) is 0 Å². The van der Waals surface area contributed by atoms with Crippen molar-refractivity contribution in [3.63, 3.8) is 0 Å². The first-order chi connectivity index (χ1) is 27.2. The third kappa shape index (κ3) is 4.51. The third-order valence-electron chi connectivity index (χ3n) is 11.1. The van der Waals surface area contributed by atoms with Crippen LogP contribution < -0.4 is 0 Å². The Labute approximate surface area is 316 Å². The lowest BCUT2D eigenvalue weighted by molar-refractivity contribution is 1.16. The van der Waals surface area contributed by atoms with Gasteiger partial charge in [0.1, 0.15) is 0 Å². The van der Waals surface area contributed by atoms with Gasteiger partial charge in [-0.1, -0.05) is 97.1 Å². The first kappa shape index (κ1) is 30.7. The summed E-state index contributed by atoms with van der Waals surface area (Å²) in [6.07, 6.45) is 0. The predicted octanol–water partition coefficient (Wildman–Crippen LogP) is 13.7. The standard InChI is InChI=1S/C50H29N5/c1-51-33-22-26-49-42(29-33)39-16-5-9-20-47(39)53(49)34-13-11-12-32(28-34)41-30-35(23-25-44(41)52-2)55-48-21-10-6-17-40(48)43-31-36(24-27-50(43)55)54-45-18-7-3-14-37(45)38-15-4-8-19-46(38)54/h3-31H. The molecule has 0 aliphatic rings. The number of hydrogen-bond donors (Lipinski definition) is 0. The first-order valence-electron chi connectivity index (χ1n) is 18.3. The summed E-state index contributed by atoms with van der Waals surface area (Å²) in [4.78, 5) is 7.69. The Morgan fingerprint density at radius 2 is 0.782 bits per heavy atom. The lowest BCUT2D eigenvalue weighted by atomic mass is 10.0. The molecule has 11 aromatic rings. The number of benzene rings is 8. The fourth-order valence-electron chi connectivity index (χ4n) is 8.69. The number of hydrogen-bond acceptors (Lipinski definition) is 0. The summed E-state index contributed by atoms with van der Waals surface area (Å²) in [5.74, 6) is 0. The molecule has 8 aromatic carbocycles. The molecule has 11 rings (SSSR count). The molecule has 0 unspecified atom stereocenters. The Kier molecular flexibility index (Phi) is 6.61. The van der Waals surface area contributed by atoms with Crippen LogP contribution in [0.3, 0.4) is 0 Å². The molecule has 0 bridgehead atoms. The Bertz CT molecular complexity index is 3420. The lowest BCUT2D eigenvalue weighted by Crippen LogP contribution is -1.97. The van der Waals surface area contributed by atoms with E-state index in [9.17, 15) is 0 Å². The average molecular weight is 700 g/mol. The van der Waals surface area contributed by atoms with Crippen LogP contribution in [-0.4, -0.2) is 13.7 Å². The maximum atomic E-state index is 8.18. The van der Waals surface area contributed by atoms with Gasteiger partial charge >= 0.3 is 0 Å². The molecule has 3 heterocycles. The van der Waals surface area contributed by atoms with Crippen molar-refractivity contribution < 1.29 is 0 Å². The molecule has 0 amide bonds. The molecule has 5 heteroatoms. The molecule has 254 valence electrons. The maximum absolute atomic E-state index is 8.18. The van der Waals surface area contributed by atoms with Gasteiger partial charge in [0, 0.05) is 44.0 Å². The van der Waals surface area contributed by atoms with Crippen LogP contribution >= 0.6 is 0 Å². The highest BCUT2D eigenvalue weighted by Gasteiger charge is 2.18. The zero-order chi connectivity index (χ0) is 36.6. The molecule has 0 N–H and O–H groups in total. The molecular weight excluding hydrogens is 671 g/mol. The second-order valence-electron chi connectivity index (χ2n) is 14.0. The summed E-state index contributed by atoms with van der Waals surface area (Å²) in [5.41, 5.74) is 12.8. The van der Waals surface area contributed by atoms with Gasteiger partial charge in [-0.15, -0.1) is 0 Å². The second-order valence-corrected chi connectivity index (χ2v) is 14.0. The summed E-state index contributed by atoms with van der Waals surface area (Å²) in [7, 11) is 0. The van der Waals surface area contributed by atoms with Crippen LogP contribution in [0.2, 0.25) is 0 Å². The van der Waals surface area contributed by atoms with Gasteiger partial charge in [-0.25, -0.2) is 9.69 Å². The van der Waals surface area contributed by atoms with Crippen molar-refractivity contribution >= 4 is 76.8 Å². The van der Waals surface area contributed by atoms with Crippen molar-refractivity contribution in [3.8, 4) is 28.2 Å². The first-order valence-corrected chi connectivity index (χ1v) is 18.3. The van der Waals surface area contributed by atoms with Crippen LogP contribution in [0.5, 0.6) is 0 Å². The van der Waals surface area contributed by atoms with Gasteiger partial charge in [0.15, 0.2) is 11.4 Å². The van der Waals surface area contributed by atoms with E-state index < -0.39 is 0 Å². The van der Waals surface area contributed by atoms with Crippen molar-refractivity contribution in [2.45, 2.75) is 0 Å². The van der Waals surface area contributed by atoms with Crippen LogP contribution in [0.25, 0.3) is 103 Å². The molecule has 3 aromatic heterocycles. The minimum absolute atomic E-state index is 0.597. The van der Waals surface area contributed by atoms with Crippen molar-refractivity contribution in [1.29, 1.82) is 0 Å². The summed E-state index contributed by atoms with van der Waals surface area (Å²) < 4.78 is 6.95. The molecule has 0 spiro atoms. The van der Waals surface area contributed by atoms with Gasteiger partial charge in [-0.05, 0) is 95.4 Å². The van der Waals surface area contributed by atoms with Crippen LogP contribution in [0, 0.1) is 13.1 Å². The lowest BCUT2D eigenvalue weighted by Gasteiger charge is -2.14. The van der Waals surface area contributed by atoms with E-state index in [1.54, 1.807) is 0 Å². The maximum Gasteiger partial charge on any atom is 0.195 e. The molecule has 0 atom stereocenters. The minimum atomic E-state index is 0.597. The SMILES string of the molecule is [C-]#[N+]c1ccc2c(c1)c1ccccc1n2-c1cccc(-c2cc(-n3c4ccccc4c4cc(-n5c6ccccc6c6ccccc65)ccc43)ccc2[N+]#[C-])c1. The quantitative estimate of drug-likeness (QED) is 0.163.